The molecule has 1 N–H and O–H groups in total. The molecule has 0 saturated heterocycles. The fraction of sp³-hybridized carbons (Fsp3) is 0.393. The van der Waals surface area contributed by atoms with Crippen LogP contribution in [-0.2, 0) is 4.74 Å². The summed E-state index contributed by atoms with van der Waals surface area (Å²) in [6.45, 7) is 6.58. The van der Waals surface area contributed by atoms with Gasteiger partial charge in [0.15, 0.2) is 11.5 Å². The molecule has 0 atom stereocenters. The zero-order chi connectivity index (χ0) is 27.6. The third kappa shape index (κ3) is 5.53. The molecule has 3 aromatic rings. The van der Waals surface area contributed by atoms with Crippen molar-refractivity contribution in [3.63, 3.8) is 0 Å². The van der Waals surface area contributed by atoms with E-state index in [-0.39, 0.29) is 12.0 Å². The van der Waals surface area contributed by atoms with Crippen molar-refractivity contribution >= 4 is 34.3 Å². The molecule has 0 spiro atoms. The average Bonchev–Trinajstić information content (AvgIpc) is 3.34. The highest BCUT2D eigenvalue weighted by Crippen LogP contribution is 2.41. The first-order valence-electron chi connectivity index (χ1n) is 12.3. The van der Waals surface area contributed by atoms with Crippen molar-refractivity contribution < 1.29 is 28.5 Å². The normalized spacial score (nSPS) is 13.7. The summed E-state index contributed by atoms with van der Waals surface area (Å²) in [6, 6.07) is 9.01. The highest BCUT2D eigenvalue weighted by atomic mass is 16.6. The van der Waals surface area contributed by atoms with Crippen LogP contribution in [0.1, 0.15) is 43.4 Å². The Balaban J connectivity index is 1.54. The number of carbonyl (C=O) groups is 2. The lowest BCUT2D eigenvalue weighted by molar-refractivity contribution is 0.0270. The second-order valence-corrected chi connectivity index (χ2v) is 9.97. The summed E-state index contributed by atoms with van der Waals surface area (Å²) in [5.74, 6) is 1.11. The number of H-pyrrole nitrogens is 1. The van der Waals surface area contributed by atoms with Crippen LogP contribution in [0, 0.1) is 0 Å². The fourth-order valence-corrected chi connectivity index (χ4v) is 4.26. The number of carbonyl (C=O) groups excluding carboxylic acids is 2. The first-order valence-corrected chi connectivity index (χ1v) is 12.3. The molecular formula is C28H34N4O6. The smallest absolute Gasteiger partial charge is 0.410 e. The van der Waals surface area contributed by atoms with Gasteiger partial charge in [-0.1, -0.05) is 6.08 Å². The van der Waals surface area contributed by atoms with Gasteiger partial charge in [0.1, 0.15) is 11.3 Å². The minimum absolute atomic E-state index is 0.247. The first kappa shape index (κ1) is 26.8. The molecule has 0 fully saturated rings. The molecule has 2 amide bonds. The zero-order valence-electron chi connectivity index (χ0n) is 22.9. The molecule has 0 radical (unpaired) electrons. The van der Waals surface area contributed by atoms with Gasteiger partial charge in [-0.2, -0.15) is 0 Å². The van der Waals surface area contributed by atoms with Crippen LogP contribution >= 0.6 is 0 Å². The van der Waals surface area contributed by atoms with Crippen molar-refractivity contribution in [2.24, 2.45) is 0 Å². The van der Waals surface area contributed by atoms with Crippen LogP contribution in [0.2, 0.25) is 0 Å². The predicted molar refractivity (Wildman–Crippen MR) is 145 cm³/mol. The number of benzene rings is 1. The molecule has 0 aliphatic carbocycles. The van der Waals surface area contributed by atoms with Gasteiger partial charge in [-0.15, -0.1) is 0 Å². The van der Waals surface area contributed by atoms with Crippen molar-refractivity contribution in [1.82, 2.24) is 14.9 Å². The summed E-state index contributed by atoms with van der Waals surface area (Å²) < 4.78 is 21.7. The van der Waals surface area contributed by atoms with Gasteiger partial charge in [-0.25, -0.2) is 9.78 Å². The van der Waals surface area contributed by atoms with E-state index in [2.05, 4.69) is 4.98 Å². The van der Waals surface area contributed by atoms with Crippen molar-refractivity contribution in [2.45, 2.75) is 32.8 Å². The number of fused-ring (bicyclic) bond motifs is 1. The summed E-state index contributed by atoms with van der Waals surface area (Å²) in [5.41, 5.74) is 3.75. The first-order chi connectivity index (χ1) is 18.0. The Labute approximate surface area is 222 Å². The number of hydrogen-bond acceptors (Lipinski definition) is 7. The van der Waals surface area contributed by atoms with Crippen molar-refractivity contribution in [3.05, 3.63) is 47.8 Å². The summed E-state index contributed by atoms with van der Waals surface area (Å²) in [5, 5.41) is 0. The summed E-state index contributed by atoms with van der Waals surface area (Å²) >= 11 is 0. The standard InChI is InChI=1S/C28H34N4O6/c1-28(2,3)38-27(34)32-12-10-17(11-13-32)19-8-9-20-21(29-19)16-22(30-20)26(33)31(4)18-14-23(35-5)25(37-7)24(15-18)36-6/h8-10,14-16,30H,11-13H2,1-7H3. The SMILES string of the molecule is COc1cc(N(C)C(=O)c2cc3nc(C4=CCN(C(=O)OC(C)(C)C)CC4)ccc3[nH]2)cc(OC)c1OC. The van der Waals surface area contributed by atoms with E-state index < -0.39 is 5.60 Å². The van der Waals surface area contributed by atoms with Crippen molar-refractivity contribution in [1.29, 1.82) is 0 Å². The van der Waals surface area contributed by atoms with Gasteiger partial charge in [0.25, 0.3) is 5.91 Å². The Kier molecular flexibility index (Phi) is 7.52. The van der Waals surface area contributed by atoms with Crippen LogP contribution in [0.4, 0.5) is 10.5 Å². The maximum Gasteiger partial charge on any atom is 0.410 e. The Morgan fingerprint density at radius 2 is 1.71 bits per heavy atom. The largest absolute Gasteiger partial charge is 0.493 e. The Bertz CT molecular complexity index is 1360. The minimum Gasteiger partial charge on any atom is -0.493 e. The lowest BCUT2D eigenvalue weighted by Gasteiger charge is -2.29. The second kappa shape index (κ2) is 10.6. The molecule has 1 aliphatic heterocycles. The van der Waals surface area contributed by atoms with Gasteiger partial charge >= 0.3 is 6.09 Å². The van der Waals surface area contributed by atoms with E-state index in [4.69, 9.17) is 23.9 Å². The van der Waals surface area contributed by atoms with E-state index >= 15 is 0 Å². The minimum atomic E-state index is -0.531. The molecule has 1 aromatic carbocycles. The number of nitrogens with zero attached hydrogens (tertiary/aromatic N) is 3. The Hall–Kier alpha value is -4.21. The maximum absolute atomic E-state index is 13.3. The number of nitrogens with one attached hydrogen (secondary N) is 1. The molecular weight excluding hydrogens is 488 g/mol. The fourth-order valence-electron chi connectivity index (χ4n) is 4.26. The van der Waals surface area contributed by atoms with Gasteiger partial charge in [0.2, 0.25) is 5.75 Å². The Morgan fingerprint density at radius 3 is 2.26 bits per heavy atom. The molecule has 0 saturated carbocycles. The second-order valence-electron chi connectivity index (χ2n) is 9.97. The van der Waals surface area contributed by atoms with E-state index in [0.29, 0.717) is 53.7 Å². The van der Waals surface area contributed by atoms with E-state index in [1.807, 2.05) is 39.0 Å². The highest BCUT2D eigenvalue weighted by molar-refractivity contribution is 6.07. The van der Waals surface area contributed by atoms with Crippen LogP contribution in [-0.4, -0.2) is 73.9 Å². The molecule has 38 heavy (non-hydrogen) atoms. The van der Waals surface area contributed by atoms with E-state index in [9.17, 15) is 9.59 Å². The van der Waals surface area contributed by atoms with Crippen molar-refractivity contribution in [2.75, 3.05) is 46.4 Å². The van der Waals surface area contributed by atoms with Crippen LogP contribution in [0.5, 0.6) is 17.2 Å². The van der Waals surface area contributed by atoms with Gasteiger partial charge in [-0.05, 0) is 51.0 Å². The number of rotatable bonds is 6. The van der Waals surface area contributed by atoms with Crippen LogP contribution < -0.4 is 19.1 Å². The van der Waals surface area contributed by atoms with Gasteiger partial charge in [0, 0.05) is 32.3 Å². The number of aromatic amines is 1. The summed E-state index contributed by atoms with van der Waals surface area (Å²) in [6.07, 6.45) is 2.34. The Morgan fingerprint density at radius 1 is 1.03 bits per heavy atom. The molecule has 10 nitrogen and oxygen atoms in total. The molecule has 0 bridgehead atoms. The predicted octanol–water partition coefficient (Wildman–Crippen LogP) is 4.89. The number of pyridine rings is 1. The molecule has 2 aromatic heterocycles. The molecule has 202 valence electrons. The molecule has 4 rings (SSSR count). The number of aromatic nitrogens is 2. The van der Waals surface area contributed by atoms with Gasteiger partial charge in [-0.3, -0.25) is 4.79 Å². The third-order valence-electron chi connectivity index (χ3n) is 6.24. The van der Waals surface area contributed by atoms with E-state index in [0.717, 1.165) is 16.8 Å². The van der Waals surface area contributed by atoms with Gasteiger partial charge in [0.05, 0.1) is 43.7 Å². The van der Waals surface area contributed by atoms with Crippen LogP contribution in [0.3, 0.4) is 0 Å². The van der Waals surface area contributed by atoms with Crippen LogP contribution in [0.15, 0.2) is 36.4 Å². The number of anilines is 1. The summed E-state index contributed by atoms with van der Waals surface area (Å²) in [4.78, 5) is 36.8. The maximum atomic E-state index is 13.3. The molecule has 1 aliphatic rings. The lowest BCUT2D eigenvalue weighted by Crippen LogP contribution is -2.39. The topological polar surface area (TPSA) is 106 Å². The number of hydrogen-bond donors (Lipinski definition) is 1. The highest BCUT2D eigenvalue weighted by Gasteiger charge is 2.25. The number of amides is 2. The van der Waals surface area contributed by atoms with Crippen LogP contribution in [0.25, 0.3) is 16.6 Å². The molecule has 10 heteroatoms. The van der Waals surface area contributed by atoms with Gasteiger partial charge < -0.3 is 33.7 Å². The lowest BCUT2D eigenvalue weighted by atomic mass is 10.0. The molecule has 3 heterocycles. The molecule has 0 unspecified atom stereocenters. The number of methoxy groups -OCH3 is 3. The average molecular weight is 523 g/mol. The van der Waals surface area contributed by atoms with E-state index in [1.165, 1.54) is 26.2 Å². The third-order valence-corrected chi connectivity index (χ3v) is 6.24. The monoisotopic (exact) mass is 522 g/mol. The quantitative estimate of drug-likeness (QED) is 0.491. The summed E-state index contributed by atoms with van der Waals surface area (Å²) in [7, 11) is 6.26. The number of ether oxygens (including phenoxy) is 4. The zero-order valence-corrected chi connectivity index (χ0v) is 22.9. The van der Waals surface area contributed by atoms with Crippen molar-refractivity contribution in [3.8, 4) is 17.2 Å². The van der Waals surface area contributed by atoms with E-state index in [1.54, 1.807) is 30.1 Å².